The summed E-state index contributed by atoms with van der Waals surface area (Å²) in [6.45, 7) is 1.57. The minimum absolute atomic E-state index is 0.340. The zero-order chi connectivity index (χ0) is 22.7. The van der Waals surface area contributed by atoms with Crippen LogP contribution in [0.2, 0.25) is 0 Å². The number of carbonyl (C=O) groups excluding carboxylic acids is 3. The van der Waals surface area contributed by atoms with E-state index >= 15 is 0 Å². The molecule has 0 bridgehead atoms. The van der Waals surface area contributed by atoms with Gasteiger partial charge in [-0.15, -0.1) is 11.3 Å². The van der Waals surface area contributed by atoms with Gasteiger partial charge in [0.2, 0.25) is 12.1 Å². The standard InChI is InChI=1S/C24H22N4O3S/c1-15(25-23(30)19-13-8-14-32-19)22(29)27-21-24(31)28(2)18-12-7-6-11-17(18)20(26-21)16-9-4-3-5-10-16/h3-15,21H,1-2H3,(H,25,30)(H,27,29)/t15-,21+/m0/s1. The molecule has 7 nitrogen and oxygen atoms in total. The number of aliphatic imine (C=N–C) groups is 1. The largest absolute Gasteiger partial charge is 0.340 e. The van der Waals surface area contributed by atoms with Crippen LogP contribution in [-0.4, -0.2) is 42.7 Å². The van der Waals surface area contributed by atoms with Crippen molar-refractivity contribution in [1.82, 2.24) is 10.6 Å². The van der Waals surface area contributed by atoms with Crippen LogP contribution in [0.1, 0.15) is 27.7 Å². The van der Waals surface area contributed by atoms with Gasteiger partial charge in [-0.3, -0.25) is 14.4 Å². The Morgan fingerprint density at radius 1 is 1.03 bits per heavy atom. The lowest BCUT2D eigenvalue weighted by Gasteiger charge is -2.22. The SMILES string of the molecule is C[C@H](NC(=O)c1cccs1)C(=O)N[C@H]1N=C(c2ccccc2)c2ccccc2N(C)C1=O. The first-order valence-electron chi connectivity index (χ1n) is 10.1. The maximum Gasteiger partial charge on any atom is 0.272 e. The molecule has 0 aliphatic carbocycles. The molecule has 1 aliphatic heterocycles. The van der Waals surface area contributed by atoms with Crippen LogP contribution in [0, 0.1) is 0 Å². The second-order valence-electron chi connectivity index (χ2n) is 7.34. The fourth-order valence-electron chi connectivity index (χ4n) is 3.44. The number of carbonyl (C=O) groups is 3. The number of thiophene rings is 1. The molecule has 2 N–H and O–H groups in total. The zero-order valence-electron chi connectivity index (χ0n) is 17.6. The van der Waals surface area contributed by atoms with Gasteiger partial charge in [0, 0.05) is 18.2 Å². The van der Waals surface area contributed by atoms with Crippen LogP contribution in [-0.2, 0) is 9.59 Å². The van der Waals surface area contributed by atoms with Crippen molar-refractivity contribution < 1.29 is 14.4 Å². The van der Waals surface area contributed by atoms with Gasteiger partial charge in [0.15, 0.2) is 0 Å². The van der Waals surface area contributed by atoms with Crippen molar-refractivity contribution in [3.05, 3.63) is 88.1 Å². The molecule has 0 radical (unpaired) electrons. The Morgan fingerprint density at radius 2 is 1.75 bits per heavy atom. The van der Waals surface area contributed by atoms with Crippen LogP contribution in [0.3, 0.4) is 0 Å². The predicted octanol–water partition coefficient (Wildman–Crippen LogP) is 2.82. The summed E-state index contributed by atoms with van der Waals surface area (Å²) < 4.78 is 0. The van der Waals surface area contributed by atoms with Crippen LogP contribution in [0.25, 0.3) is 0 Å². The summed E-state index contributed by atoms with van der Waals surface area (Å²) in [5, 5.41) is 7.14. The number of para-hydroxylation sites is 1. The van der Waals surface area contributed by atoms with Gasteiger partial charge in [0.25, 0.3) is 11.8 Å². The summed E-state index contributed by atoms with van der Waals surface area (Å²) in [7, 11) is 1.66. The number of benzene rings is 2. The Hall–Kier alpha value is -3.78. The molecule has 8 heteroatoms. The van der Waals surface area contributed by atoms with E-state index < -0.39 is 18.1 Å². The molecule has 0 spiro atoms. The summed E-state index contributed by atoms with van der Waals surface area (Å²) >= 11 is 1.29. The first kappa shape index (κ1) is 21.5. The van der Waals surface area contributed by atoms with E-state index in [0.717, 1.165) is 11.1 Å². The highest BCUT2D eigenvalue weighted by Crippen LogP contribution is 2.27. The van der Waals surface area contributed by atoms with E-state index in [1.807, 2.05) is 54.6 Å². The van der Waals surface area contributed by atoms with Crippen LogP contribution in [0.4, 0.5) is 5.69 Å². The molecule has 0 unspecified atom stereocenters. The number of anilines is 1. The summed E-state index contributed by atoms with van der Waals surface area (Å²) in [5.41, 5.74) is 2.95. The van der Waals surface area contributed by atoms with E-state index in [9.17, 15) is 14.4 Å². The zero-order valence-corrected chi connectivity index (χ0v) is 18.4. The smallest absolute Gasteiger partial charge is 0.272 e. The van der Waals surface area contributed by atoms with Gasteiger partial charge in [-0.25, -0.2) is 4.99 Å². The summed E-state index contributed by atoms with van der Waals surface area (Å²) in [6, 6.07) is 19.6. The fraction of sp³-hybridized carbons (Fsp3) is 0.167. The van der Waals surface area contributed by atoms with Crippen LogP contribution in [0.15, 0.2) is 77.1 Å². The molecule has 3 aromatic rings. The molecule has 2 aromatic carbocycles. The minimum atomic E-state index is -1.13. The molecule has 1 aliphatic rings. The maximum atomic E-state index is 13.2. The lowest BCUT2D eigenvalue weighted by molar-refractivity contribution is -0.128. The van der Waals surface area contributed by atoms with Crippen molar-refractivity contribution in [3.63, 3.8) is 0 Å². The number of hydrogen-bond acceptors (Lipinski definition) is 5. The number of likely N-dealkylation sites (N-methyl/N-ethyl adjacent to an activating group) is 1. The Morgan fingerprint density at radius 3 is 2.47 bits per heavy atom. The first-order chi connectivity index (χ1) is 15.5. The van der Waals surface area contributed by atoms with Gasteiger partial charge >= 0.3 is 0 Å². The van der Waals surface area contributed by atoms with Crippen molar-refractivity contribution in [2.75, 3.05) is 11.9 Å². The Balaban J connectivity index is 1.62. The van der Waals surface area contributed by atoms with Gasteiger partial charge in [0.05, 0.1) is 16.3 Å². The van der Waals surface area contributed by atoms with Crippen LogP contribution < -0.4 is 15.5 Å². The summed E-state index contributed by atoms with van der Waals surface area (Å²) in [5.74, 6) is -1.20. The molecule has 2 atom stereocenters. The third kappa shape index (κ3) is 4.31. The highest BCUT2D eigenvalue weighted by molar-refractivity contribution is 7.12. The maximum absolute atomic E-state index is 13.2. The number of benzodiazepines with no additional fused rings is 1. The van der Waals surface area contributed by atoms with Gasteiger partial charge in [-0.05, 0) is 24.4 Å². The van der Waals surface area contributed by atoms with Crippen molar-refractivity contribution in [3.8, 4) is 0 Å². The lowest BCUT2D eigenvalue weighted by atomic mass is 10.0. The van der Waals surface area contributed by atoms with Crippen LogP contribution in [0.5, 0.6) is 0 Å². The minimum Gasteiger partial charge on any atom is -0.340 e. The third-order valence-electron chi connectivity index (χ3n) is 5.16. The van der Waals surface area contributed by atoms with Gasteiger partial charge in [-0.1, -0.05) is 54.6 Å². The third-order valence-corrected chi connectivity index (χ3v) is 6.02. The second-order valence-corrected chi connectivity index (χ2v) is 8.29. The van der Waals surface area contributed by atoms with E-state index in [1.165, 1.54) is 16.2 Å². The number of fused-ring (bicyclic) bond motifs is 1. The van der Waals surface area contributed by atoms with E-state index in [0.29, 0.717) is 16.3 Å². The number of rotatable bonds is 5. The van der Waals surface area contributed by atoms with Crippen molar-refractivity contribution in [1.29, 1.82) is 0 Å². The molecule has 2 heterocycles. The van der Waals surface area contributed by atoms with E-state index in [4.69, 9.17) is 0 Å². The molecule has 4 rings (SSSR count). The van der Waals surface area contributed by atoms with Crippen LogP contribution >= 0.6 is 11.3 Å². The number of amides is 3. The molecule has 0 saturated heterocycles. The second kappa shape index (κ2) is 9.15. The Kier molecular flexibility index (Phi) is 6.13. The molecular weight excluding hydrogens is 424 g/mol. The average molecular weight is 447 g/mol. The highest BCUT2D eigenvalue weighted by Gasteiger charge is 2.32. The number of nitrogens with one attached hydrogen (secondary N) is 2. The monoisotopic (exact) mass is 446 g/mol. The summed E-state index contributed by atoms with van der Waals surface area (Å²) in [6.07, 6.45) is -1.13. The van der Waals surface area contributed by atoms with Gasteiger partial charge < -0.3 is 15.5 Å². The van der Waals surface area contributed by atoms with Crippen molar-refractivity contribution in [2.45, 2.75) is 19.1 Å². The number of nitrogens with zero attached hydrogens (tertiary/aromatic N) is 2. The molecule has 0 fully saturated rings. The van der Waals surface area contributed by atoms with Gasteiger partial charge in [0.1, 0.15) is 6.04 Å². The first-order valence-corrected chi connectivity index (χ1v) is 11.0. The van der Waals surface area contributed by atoms with Crippen molar-refractivity contribution in [2.24, 2.45) is 4.99 Å². The molecule has 1 aromatic heterocycles. The normalized spacial score (nSPS) is 16.4. The Bertz CT molecular complexity index is 1170. The quantitative estimate of drug-likeness (QED) is 0.631. The van der Waals surface area contributed by atoms with Gasteiger partial charge in [-0.2, -0.15) is 0 Å². The topological polar surface area (TPSA) is 90.9 Å². The van der Waals surface area contributed by atoms with E-state index in [-0.39, 0.29) is 11.8 Å². The molecular formula is C24H22N4O3S. The molecule has 3 amide bonds. The number of hydrogen-bond donors (Lipinski definition) is 2. The van der Waals surface area contributed by atoms with E-state index in [1.54, 1.807) is 31.5 Å². The molecule has 0 saturated carbocycles. The molecule has 32 heavy (non-hydrogen) atoms. The van der Waals surface area contributed by atoms with Crippen molar-refractivity contribution >= 4 is 40.5 Å². The van der Waals surface area contributed by atoms with E-state index in [2.05, 4.69) is 15.6 Å². The lowest BCUT2D eigenvalue weighted by Crippen LogP contribution is -2.52. The average Bonchev–Trinajstić information content (AvgIpc) is 3.33. The summed E-state index contributed by atoms with van der Waals surface area (Å²) in [4.78, 5) is 44.9. The fourth-order valence-corrected chi connectivity index (χ4v) is 4.07. The molecule has 162 valence electrons. The highest BCUT2D eigenvalue weighted by atomic mass is 32.1. The Labute approximate surface area is 189 Å². The predicted molar refractivity (Wildman–Crippen MR) is 125 cm³/mol.